The molecule has 2 nitrogen and oxygen atoms in total. The lowest BCUT2D eigenvalue weighted by Crippen LogP contribution is -2.26. The summed E-state index contributed by atoms with van der Waals surface area (Å²) >= 11 is 0. The van der Waals surface area contributed by atoms with Crippen LogP contribution in [0.2, 0.25) is 0 Å². The maximum Gasteiger partial charge on any atom is 0.133 e. The normalized spacial score (nSPS) is 16.5. The standard InChI is InChI=1S/C14H10N2/c1-4-10-5-2-7-12-14(10)11(6-1)15-13-8-3-9-16(12)13/h1-8H,9H2. The van der Waals surface area contributed by atoms with Crippen LogP contribution in [0.5, 0.6) is 0 Å². The molecule has 0 amide bonds. The van der Waals surface area contributed by atoms with Crippen molar-refractivity contribution in [2.75, 3.05) is 11.4 Å². The molecule has 2 aliphatic rings. The van der Waals surface area contributed by atoms with E-state index in [9.17, 15) is 0 Å². The molecule has 2 aromatic carbocycles. The van der Waals surface area contributed by atoms with Gasteiger partial charge in [-0.2, -0.15) is 0 Å². The first-order chi connectivity index (χ1) is 7.93. The van der Waals surface area contributed by atoms with Gasteiger partial charge in [-0.1, -0.05) is 30.3 Å². The van der Waals surface area contributed by atoms with Crippen LogP contribution in [-0.2, 0) is 0 Å². The molecule has 0 saturated heterocycles. The fourth-order valence-corrected chi connectivity index (χ4v) is 2.51. The number of hydrogen-bond donors (Lipinski definition) is 0. The summed E-state index contributed by atoms with van der Waals surface area (Å²) in [4.78, 5) is 6.94. The molecular weight excluding hydrogens is 196 g/mol. The van der Waals surface area contributed by atoms with Gasteiger partial charge in [0.15, 0.2) is 0 Å². The SMILES string of the molecule is C1=CC2=Nc3cccc4cccc(c34)N2C1. The fourth-order valence-electron chi connectivity index (χ4n) is 2.51. The van der Waals surface area contributed by atoms with Gasteiger partial charge in [0, 0.05) is 11.9 Å². The molecule has 2 heterocycles. The topological polar surface area (TPSA) is 15.6 Å². The quantitative estimate of drug-likeness (QED) is 0.646. The molecule has 2 aromatic rings. The molecule has 0 atom stereocenters. The third-order valence-electron chi connectivity index (χ3n) is 3.22. The molecule has 2 heteroatoms. The van der Waals surface area contributed by atoms with Gasteiger partial charge >= 0.3 is 0 Å². The highest BCUT2D eigenvalue weighted by molar-refractivity contribution is 6.19. The second-order valence-corrected chi connectivity index (χ2v) is 4.14. The zero-order valence-electron chi connectivity index (χ0n) is 8.72. The third kappa shape index (κ3) is 0.890. The van der Waals surface area contributed by atoms with Gasteiger partial charge in [-0.05, 0) is 23.6 Å². The molecule has 4 rings (SSSR count). The summed E-state index contributed by atoms with van der Waals surface area (Å²) in [7, 11) is 0. The van der Waals surface area contributed by atoms with Crippen LogP contribution in [-0.4, -0.2) is 12.4 Å². The molecule has 0 saturated carbocycles. The number of amidine groups is 1. The second-order valence-electron chi connectivity index (χ2n) is 4.14. The monoisotopic (exact) mass is 206 g/mol. The first kappa shape index (κ1) is 8.11. The summed E-state index contributed by atoms with van der Waals surface area (Å²) in [5, 5.41) is 2.54. The maximum atomic E-state index is 4.68. The number of fused-ring (bicyclic) bond motifs is 2. The van der Waals surface area contributed by atoms with E-state index in [1.165, 1.54) is 16.5 Å². The molecule has 0 aromatic heterocycles. The van der Waals surface area contributed by atoms with Gasteiger partial charge in [0.25, 0.3) is 0 Å². The summed E-state index contributed by atoms with van der Waals surface area (Å²) < 4.78 is 0. The second kappa shape index (κ2) is 2.73. The molecule has 2 aliphatic heterocycles. The van der Waals surface area contributed by atoms with Crippen molar-refractivity contribution in [3.05, 3.63) is 48.6 Å². The van der Waals surface area contributed by atoms with Gasteiger partial charge in [0.1, 0.15) is 5.84 Å². The number of anilines is 1. The predicted molar refractivity (Wildman–Crippen MR) is 67.5 cm³/mol. The third-order valence-corrected chi connectivity index (χ3v) is 3.22. The molecule has 0 N–H and O–H groups in total. The van der Waals surface area contributed by atoms with Crippen molar-refractivity contribution < 1.29 is 0 Å². The molecule has 0 radical (unpaired) electrons. The Labute approximate surface area is 93.5 Å². The van der Waals surface area contributed by atoms with Crippen molar-refractivity contribution in [2.24, 2.45) is 4.99 Å². The summed E-state index contributed by atoms with van der Waals surface area (Å²) in [6.45, 7) is 0.937. The highest BCUT2D eigenvalue weighted by atomic mass is 15.2. The molecule has 0 bridgehead atoms. The smallest absolute Gasteiger partial charge is 0.133 e. The zero-order chi connectivity index (χ0) is 10.5. The lowest BCUT2D eigenvalue weighted by molar-refractivity contribution is 1.17. The van der Waals surface area contributed by atoms with Gasteiger partial charge in [-0.15, -0.1) is 0 Å². The van der Waals surface area contributed by atoms with E-state index in [1.54, 1.807) is 0 Å². The average molecular weight is 206 g/mol. The first-order valence-electron chi connectivity index (χ1n) is 5.48. The van der Waals surface area contributed by atoms with Crippen molar-refractivity contribution in [1.29, 1.82) is 0 Å². The van der Waals surface area contributed by atoms with Crippen LogP contribution in [0.4, 0.5) is 11.4 Å². The van der Waals surface area contributed by atoms with Crippen LogP contribution >= 0.6 is 0 Å². The van der Waals surface area contributed by atoms with Gasteiger partial charge in [-0.25, -0.2) is 4.99 Å². The highest BCUT2D eigenvalue weighted by Crippen LogP contribution is 2.39. The lowest BCUT2D eigenvalue weighted by Gasteiger charge is -2.25. The van der Waals surface area contributed by atoms with Crippen LogP contribution in [0.1, 0.15) is 0 Å². The van der Waals surface area contributed by atoms with Crippen molar-refractivity contribution in [2.45, 2.75) is 0 Å². The van der Waals surface area contributed by atoms with Gasteiger partial charge < -0.3 is 4.90 Å². The lowest BCUT2D eigenvalue weighted by atomic mass is 10.0. The molecule has 0 aliphatic carbocycles. The van der Waals surface area contributed by atoms with E-state index >= 15 is 0 Å². The van der Waals surface area contributed by atoms with Crippen molar-refractivity contribution in [3.63, 3.8) is 0 Å². The van der Waals surface area contributed by atoms with Crippen molar-refractivity contribution in [1.82, 2.24) is 0 Å². The van der Waals surface area contributed by atoms with Gasteiger partial charge in [0.2, 0.25) is 0 Å². The minimum absolute atomic E-state index is 0.937. The van der Waals surface area contributed by atoms with Gasteiger partial charge in [-0.3, -0.25) is 0 Å². The Balaban J connectivity index is 2.17. The molecule has 0 unspecified atom stereocenters. The van der Waals surface area contributed by atoms with Crippen LogP contribution in [0.25, 0.3) is 10.8 Å². The van der Waals surface area contributed by atoms with Crippen LogP contribution in [0, 0.1) is 0 Å². The number of aliphatic imine (C=N–C) groups is 1. The van der Waals surface area contributed by atoms with E-state index in [1.807, 2.05) is 0 Å². The van der Waals surface area contributed by atoms with E-state index in [0.717, 1.165) is 18.1 Å². The largest absolute Gasteiger partial charge is 0.322 e. The Hall–Kier alpha value is -2.09. The predicted octanol–water partition coefficient (Wildman–Crippen LogP) is 3.26. The van der Waals surface area contributed by atoms with Crippen LogP contribution < -0.4 is 4.90 Å². The van der Waals surface area contributed by atoms with Crippen LogP contribution in [0.15, 0.2) is 53.5 Å². The average Bonchev–Trinajstić information content (AvgIpc) is 2.78. The molecule has 16 heavy (non-hydrogen) atoms. The van der Waals surface area contributed by atoms with Gasteiger partial charge in [0.05, 0.1) is 11.4 Å². The van der Waals surface area contributed by atoms with Crippen molar-refractivity contribution in [3.8, 4) is 0 Å². The minimum Gasteiger partial charge on any atom is -0.322 e. The fraction of sp³-hybridized carbons (Fsp3) is 0.0714. The Morgan fingerprint density at radius 2 is 1.94 bits per heavy atom. The molecule has 76 valence electrons. The Kier molecular flexibility index (Phi) is 1.38. The summed E-state index contributed by atoms with van der Waals surface area (Å²) in [6, 6.07) is 12.7. The number of hydrogen-bond acceptors (Lipinski definition) is 2. The molecule has 0 fully saturated rings. The van der Waals surface area contributed by atoms with Crippen LogP contribution in [0.3, 0.4) is 0 Å². The van der Waals surface area contributed by atoms with E-state index in [2.05, 4.69) is 58.4 Å². The Bertz CT molecular complexity index is 648. The number of rotatable bonds is 0. The summed E-state index contributed by atoms with van der Waals surface area (Å²) in [6.07, 6.45) is 4.25. The molecule has 0 spiro atoms. The summed E-state index contributed by atoms with van der Waals surface area (Å²) in [5.41, 5.74) is 2.37. The minimum atomic E-state index is 0.937. The number of nitrogens with zero attached hydrogens (tertiary/aromatic N) is 2. The van der Waals surface area contributed by atoms with E-state index in [-0.39, 0.29) is 0 Å². The van der Waals surface area contributed by atoms with Crippen molar-refractivity contribution >= 4 is 28.0 Å². The molecular formula is C14H10N2. The van der Waals surface area contributed by atoms with E-state index in [4.69, 9.17) is 0 Å². The van der Waals surface area contributed by atoms with E-state index < -0.39 is 0 Å². The zero-order valence-corrected chi connectivity index (χ0v) is 8.72. The maximum absolute atomic E-state index is 4.68. The first-order valence-corrected chi connectivity index (χ1v) is 5.48. The van der Waals surface area contributed by atoms with E-state index in [0.29, 0.717) is 0 Å². The Morgan fingerprint density at radius 1 is 1.06 bits per heavy atom. The Morgan fingerprint density at radius 3 is 2.88 bits per heavy atom. The highest BCUT2D eigenvalue weighted by Gasteiger charge is 2.22. The number of benzene rings is 2. The summed E-state index contributed by atoms with van der Waals surface area (Å²) in [5.74, 6) is 1.06.